The summed E-state index contributed by atoms with van der Waals surface area (Å²) in [7, 11) is 0. The van der Waals surface area contributed by atoms with Crippen LogP contribution in [0.25, 0.3) is 0 Å². The number of rotatable bonds is 5. The Bertz CT molecular complexity index is 974. The molecule has 7 heteroatoms. The molecule has 1 amide bonds. The van der Waals surface area contributed by atoms with Gasteiger partial charge in [0.1, 0.15) is 5.60 Å². The molecule has 1 fully saturated rings. The minimum Gasteiger partial charge on any atom is -0.379 e. The Morgan fingerprint density at radius 3 is 2.35 bits per heavy atom. The highest BCUT2D eigenvalue weighted by Gasteiger charge is 2.44. The Balaban J connectivity index is 1.91. The van der Waals surface area contributed by atoms with Crippen LogP contribution in [0, 0.1) is 24.2 Å². The zero-order valence-corrected chi connectivity index (χ0v) is 17.3. The SMILES string of the molecule is Cc1ccc(CC(O)(C(=O)Nc2ccc(C#N)c(C(F)(F)F)c2)C2CCCCC2)cc1. The van der Waals surface area contributed by atoms with Gasteiger partial charge in [-0.15, -0.1) is 0 Å². The van der Waals surface area contributed by atoms with Gasteiger partial charge in [-0.2, -0.15) is 18.4 Å². The zero-order chi connectivity index (χ0) is 22.6. The molecule has 0 spiro atoms. The average Bonchev–Trinajstić information content (AvgIpc) is 2.75. The molecule has 1 aliphatic carbocycles. The lowest BCUT2D eigenvalue weighted by Gasteiger charge is -2.37. The van der Waals surface area contributed by atoms with Crippen LogP contribution in [0.4, 0.5) is 18.9 Å². The van der Waals surface area contributed by atoms with Gasteiger partial charge in [-0.05, 0) is 49.4 Å². The minimum atomic E-state index is -4.73. The summed E-state index contributed by atoms with van der Waals surface area (Å²) in [5, 5.41) is 23.0. The molecule has 0 radical (unpaired) electrons. The van der Waals surface area contributed by atoms with E-state index in [1.807, 2.05) is 31.2 Å². The Labute approximate surface area is 179 Å². The summed E-state index contributed by atoms with van der Waals surface area (Å²) in [5.74, 6) is -1.01. The van der Waals surface area contributed by atoms with Gasteiger partial charge in [0.2, 0.25) is 0 Å². The normalized spacial score (nSPS) is 16.9. The molecule has 0 heterocycles. The standard InChI is InChI=1S/C24H25F3N2O2/c1-16-7-9-17(10-8-16)14-23(31,19-5-3-2-4-6-19)22(30)29-20-12-11-18(15-28)21(13-20)24(25,26)27/h7-13,19,31H,2-6,14H2,1H3,(H,29,30). The summed E-state index contributed by atoms with van der Waals surface area (Å²) < 4.78 is 39.9. The van der Waals surface area contributed by atoms with E-state index in [4.69, 9.17) is 5.26 Å². The zero-order valence-electron chi connectivity index (χ0n) is 17.3. The number of amides is 1. The maximum atomic E-state index is 13.3. The van der Waals surface area contributed by atoms with Gasteiger partial charge in [-0.1, -0.05) is 49.1 Å². The van der Waals surface area contributed by atoms with Gasteiger partial charge in [0.25, 0.3) is 5.91 Å². The van der Waals surface area contributed by atoms with Crippen molar-refractivity contribution in [1.82, 2.24) is 0 Å². The Morgan fingerprint density at radius 2 is 1.77 bits per heavy atom. The van der Waals surface area contributed by atoms with Crippen LogP contribution in [0.5, 0.6) is 0 Å². The first kappa shape index (κ1) is 22.8. The molecule has 1 atom stereocenters. The van der Waals surface area contributed by atoms with E-state index in [0.717, 1.165) is 42.5 Å². The quantitative estimate of drug-likeness (QED) is 0.669. The molecule has 3 rings (SSSR count). The smallest absolute Gasteiger partial charge is 0.379 e. The number of carbonyl (C=O) groups excluding carboxylic acids is 1. The first-order valence-corrected chi connectivity index (χ1v) is 10.3. The first-order valence-electron chi connectivity index (χ1n) is 10.3. The lowest BCUT2D eigenvalue weighted by atomic mass is 9.73. The number of nitrogens with one attached hydrogen (secondary N) is 1. The maximum Gasteiger partial charge on any atom is 0.417 e. The Hall–Kier alpha value is -2.85. The molecule has 2 aromatic carbocycles. The molecule has 2 N–H and O–H groups in total. The second-order valence-corrected chi connectivity index (χ2v) is 8.25. The Morgan fingerprint density at radius 1 is 1.13 bits per heavy atom. The number of aryl methyl sites for hydroxylation is 1. The van der Waals surface area contributed by atoms with Crippen molar-refractivity contribution in [3.8, 4) is 6.07 Å². The topological polar surface area (TPSA) is 73.1 Å². The third kappa shape index (κ3) is 5.26. The lowest BCUT2D eigenvalue weighted by molar-refractivity contribution is -0.142. The highest BCUT2D eigenvalue weighted by Crippen LogP contribution is 2.37. The van der Waals surface area contributed by atoms with E-state index in [1.54, 1.807) is 0 Å². The first-order chi connectivity index (χ1) is 14.6. The number of carbonyl (C=O) groups is 1. The summed E-state index contributed by atoms with van der Waals surface area (Å²) in [4.78, 5) is 13.2. The molecule has 1 unspecified atom stereocenters. The van der Waals surface area contributed by atoms with Gasteiger partial charge in [-0.25, -0.2) is 0 Å². The van der Waals surface area contributed by atoms with Crippen LogP contribution in [0.15, 0.2) is 42.5 Å². The van der Waals surface area contributed by atoms with Crippen LogP contribution < -0.4 is 5.32 Å². The molecule has 164 valence electrons. The third-order valence-electron chi connectivity index (χ3n) is 5.97. The van der Waals surface area contributed by atoms with Crippen LogP contribution in [0.2, 0.25) is 0 Å². The third-order valence-corrected chi connectivity index (χ3v) is 5.97. The molecule has 1 saturated carbocycles. The van der Waals surface area contributed by atoms with Crippen molar-refractivity contribution in [3.05, 3.63) is 64.7 Å². The van der Waals surface area contributed by atoms with E-state index in [0.29, 0.717) is 12.8 Å². The van der Waals surface area contributed by atoms with Crippen molar-refractivity contribution in [2.24, 2.45) is 5.92 Å². The van der Waals surface area contributed by atoms with Gasteiger partial charge in [0, 0.05) is 12.1 Å². The molecular weight excluding hydrogens is 405 g/mol. The summed E-state index contributed by atoms with van der Waals surface area (Å²) in [6.07, 6.45) is -0.483. The van der Waals surface area contributed by atoms with E-state index in [2.05, 4.69) is 5.32 Å². The highest BCUT2D eigenvalue weighted by molar-refractivity contribution is 5.97. The van der Waals surface area contributed by atoms with Gasteiger partial charge in [0.15, 0.2) is 0 Å². The molecule has 0 saturated heterocycles. The van der Waals surface area contributed by atoms with E-state index in [-0.39, 0.29) is 18.0 Å². The monoisotopic (exact) mass is 430 g/mol. The molecule has 4 nitrogen and oxygen atoms in total. The van der Waals surface area contributed by atoms with Crippen molar-refractivity contribution in [2.75, 3.05) is 5.32 Å². The van der Waals surface area contributed by atoms with Crippen LogP contribution in [0.3, 0.4) is 0 Å². The molecular formula is C24H25F3N2O2. The number of nitriles is 1. The van der Waals surface area contributed by atoms with E-state index < -0.39 is 28.8 Å². The van der Waals surface area contributed by atoms with Gasteiger partial charge >= 0.3 is 6.18 Å². The molecule has 0 aliphatic heterocycles. The summed E-state index contributed by atoms with van der Waals surface area (Å²) >= 11 is 0. The van der Waals surface area contributed by atoms with Gasteiger partial charge < -0.3 is 10.4 Å². The van der Waals surface area contributed by atoms with Crippen molar-refractivity contribution < 1.29 is 23.1 Å². The Kier molecular flexibility index (Phi) is 6.71. The predicted octanol–water partition coefficient (Wildman–Crippen LogP) is 5.38. The van der Waals surface area contributed by atoms with Crippen molar-refractivity contribution in [1.29, 1.82) is 5.26 Å². The fraction of sp³-hybridized carbons (Fsp3) is 0.417. The summed E-state index contributed by atoms with van der Waals surface area (Å²) in [6.45, 7) is 1.94. The predicted molar refractivity (Wildman–Crippen MR) is 111 cm³/mol. The van der Waals surface area contributed by atoms with E-state index in [9.17, 15) is 23.1 Å². The molecule has 2 aromatic rings. The second kappa shape index (κ2) is 9.11. The number of anilines is 1. The minimum absolute atomic E-state index is 0.0756. The second-order valence-electron chi connectivity index (χ2n) is 8.25. The van der Waals surface area contributed by atoms with Gasteiger partial charge in [-0.3, -0.25) is 4.79 Å². The number of alkyl halides is 3. The number of hydrogen-bond acceptors (Lipinski definition) is 3. The number of hydrogen-bond donors (Lipinski definition) is 2. The van der Waals surface area contributed by atoms with Crippen LogP contribution in [-0.2, 0) is 17.4 Å². The number of benzene rings is 2. The molecule has 1 aliphatic rings. The molecule has 31 heavy (non-hydrogen) atoms. The lowest BCUT2D eigenvalue weighted by Crippen LogP contribution is -2.51. The summed E-state index contributed by atoms with van der Waals surface area (Å²) in [6, 6.07) is 12.0. The average molecular weight is 430 g/mol. The number of nitrogens with zero attached hydrogens (tertiary/aromatic N) is 1. The maximum absolute atomic E-state index is 13.3. The largest absolute Gasteiger partial charge is 0.417 e. The number of aliphatic hydroxyl groups is 1. The van der Waals surface area contributed by atoms with Crippen molar-refractivity contribution >= 4 is 11.6 Å². The van der Waals surface area contributed by atoms with Crippen LogP contribution >= 0.6 is 0 Å². The molecule has 0 bridgehead atoms. The van der Waals surface area contributed by atoms with Crippen molar-refractivity contribution in [2.45, 2.75) is 57.2 Å². The van der Waals surface area contributed by atoms with Crippen LogP contribution in [0.1, 0.15) is 54.4 Å². The fourth-order valence-corrected chi connectivity index (χ4v) is 4.20. The summed E-state index contributed by atoms with van der Waals surface area (Å²) in [5.41, 5.74) is -1.66. The highest BCUT2D eigenvalue weighted by atomic mass is 19.4. The van der Waals surface area contributed by atoms with E-state index >= 15 is 0 Å². The van der Waals surface area contributed by atoms with Crippen LogP contribution in [-0.4, -0.2) is 16.6 Å². The van der Waals surface area contributed by atoms with Crippen molar-refractivity contribution in [3.63, 3.8) is 0 Å². The fourth-order valence-electron chi connectivity index (χ4n) is 4.20. The van der Waals surface area contributed by atoms with E-state index in [1.165, 1.54) is 12.1 Å². The molecule has 0 aromatic heterocycles. The number of halogens is 3. The van der Waals surface area contributed by atoms with Gasteiger partial charge in [0.05, 0.1) is 17.2 Å².